The van der Waals surface area contributed by atoms with E-state index in [-0.39, 0.29) is 48.0 Å². The summed E-state index contributed by atoms with van der Waals surface area (Å²) < 4.78 is 42.0. The molecule has 9 nitrogen and oxygen atoms in total. The van der Waals surface area contributed by atoms with Crippen LogP contribution in [0.3, 0.4) is 0 Å². The largest absolute Gasteiger partial charge is 0.436 e. The summed E-state index contributed by atoms with van der Waals surface area (Å²) in [4.78, 5) is 22.7. The standard InChI is InChI=1S/C17H20BrF3N6O3/c1-9-14(27(29)30)10(2)25(23-9)8-6-22-12(28)5-7-26-15(11-3-4-11)13(18)16(24-26)17(19,20)21/h11H,3-8H2,1-2H3,(H,22,28). The van der Waals surface area contributed by atoms with Crippen LogP contribution < -0.4 is 5.32 Å². The van der Waals surface area contributed by atoms with Crippen LogP contribution in [0, 0.1) is 24.0 Å². The fraction of sp³-hybridized carbons (Fsp3) is 0.588. The van der Waals surface area contributed by atoms with E-state index in [2.05, 4.69) is 31.4 Å². The van der Waals surface area contributed by atoms with Gasteiger partial charge in [0.05, 0.1) is 28.2 Å². The van der Waals surface area contributed by atoms with Crippen molar-refractivity contribution in [2.45, 2.75) is 58.3 Å². The summed E-state index contributed by atoms with van der Waals surface area (Å²) in [7, 11) is 0. The van der Waals surface area contributed by atoms with Gasteiger partial charge in [0.2, 0.25) is 5.91 Å². The first kappa shape index (κ1) is 22.2. The quantitative estimate of drug-likeness (QED) is 0.448. The average molecular weight is 493 g/mol. The van der Waals surface area contributed by atoms with Gasteiger partial charge >= 0.3 is 11.9 Å². The van der Waals surface area contributed by atoms with Gasteiger partial charge in [-0.3, -0.25) is 24.3 Å². The van der Waals surface area contributed by atoms with Crippen LogP contribution in [-0.2, 0) is 24.1 Å². The minimum atomic E-state index is -4.57. The number of amides is 1. The molecule has 2 aromatic rings. The topological polar surface area (TPSA) is 108 Å². The van der Waals surface area contributed by atoms with Crippen molar-refractivity contribution in [3.63, 3.8) is 0 Å². The zero-order chi connectivity index (χ0) is 22.2. The highest BCUT2D eigenvalue weighted by Gasteiger charge is 2.41. The number of aryl methyl sites for hydroxylation is 2. The second-order valence-corrected chi connectivity index (χ2v) is 7.94. The predicted molar refractivity (Wildman–Crippen MR) is 103 cm³/mol. The number of nitrogens with one attached hydrogen (secondary N) is 1. The number of alkyl halides is 3. The number of carbonyl (C=O) groups excluding carboxylic acids is 1. The highest BCUT2D eigenvalue weighted by molar-refractivity contribution is 9.10. The van der Waals surface area contributed by atoms with E-state index in [0.717, 1.165) is 12.8 Å². The van der Waals surface area contributed by atoms with E-state index in [1.54, 1.807) is 6.92 Å². The molecule has 0 atom stereocenters. The summed E-state index contributed by atoms with van der Waals surface area (Å²) in [5.74, 6) is -0.333. The predicted octanol–water partition coefficient (Wildman–Crippen LogP) is 3.47. The molecule has 0 aliphatic heterocycles. The van der Waals surface area contributed by atoms with Crippen LogP contribution in [0.2, 0.25) is 0 Å². The average Bonchev–Trinajstić information content (AvgIpc) is 3.34. The lowest BCUT2D eigenvalue weighted by atomic mass is 10.2. The molecule has 0 aromatic carbocycles. The lowest BCUT2D eigenvalue weighted by Gasteiger charge is -2.09. The lowest BCUT2D eigenvalue weighted by molar-refractivity contribution is -0.386. The minimum absolute atomic E-state index is 0.0212. The SMILES string of the molecule is Cc1nn(CCNC(=O)CCn2nc(C(F)(F)F)c(Br)c2C2CC2)c(C)c1[N+](=O)[O-]. The molecular weight excluding hydrogens is 473 g/mol. The van der Waals surface area contributed by atoms with Gasteiger partial charge in [-0.15, -0.1) is 0 Å². The first-order valence-corrected chi connectivity index (χ1v) is 10.1. The van der Waals surface area contributed by atoms with Gasteiger partial charge in [0.15, 0.2) is 5.69 Å². The molecule has 0 bridgehead atoms. The number of rotatable bonds is 8. The number of aromatic nitrogens is 4. The van der Waals surface area contributed by atoms with Gasteiger partial charge in [-0.05, 0) is 42.6 Å². The lowest BCUT2D eigenvalue weighted by Crippen LogP contribution is -2.28. The maximum Gasteiger partial charge on any atom is 0.436 e. The van der Waals surface area contributed by atoms with E-state index in [9.17, 15) is 28.1 Å². The Morgan fingerprint density at radius 3 is 2.47 bits per heavy atom. The van der Waals surface area contributed by atoms with Crippen molar-refractivity contribution < 1.29 is 22.9 Å². The Kier molecular flexibility index (Phi) is 6.20. The van der Waals surface area contributed by atoms with Gasteiger partial charge in [-0.25, -0.2) is 0 Å². The number of hydrogen-bond donors (Lipinski definition) is 1. The van der Waals surface area contributed by atoms with Gasteiger partial charge in [0.25, 0.3) is 0 Å². The maximum atomic E-state index is 13.1. The van der Waals surface area contributed by atoms with Crippen LogP contribution in [0.1, 0.15) is 48.0 Å². The number of carbonyl (C=O) groups is 1. The number of nitrogens with zero attached hydrogens (tertiary/aromatic N) is 5. The van der Waals surface area contributed by atoms with Crippen molar-refractivity contribution in [3.8, 4) is 0 Å². The molecule has 1 N–H and O–H groups in total. The Labute approximate surface area is 177 Å². The molecule has 1 aliphatic carbocycles. The summed E-state index contributed by atoms with van der Waals surface area (Å²) >= 11 is 3.02. The number of nitro groups is 1. The normalized spacial score (nSPS) is 14.2. The third-order valence-corrected chi connectivity index (χ3v) is 5.67. The van der Waals surface area contributed by atoms with E-state index in [4.69, 9.17) is 0 Å². The van der Waals surface area contributed by atoms with Crippen LogP contribution in [0.5, 0.6) is 0 Å². The Morgan fingerprint density at radius 2 is 1.93 bits per heavy atom. The van der Waals surface area contributed by atoms with Crippen molar-refractivity contribution in [1.82, 2.24) is 24.9 Å². The number of halogens is 4. The van der Waals surface area contributed by atoms with Gasteiger partial charge in [-0.2, -0.15) is 23.4 Å². The molecule has 1 amide bonds. The third kappa shape index (κ3) is 4.65. The summed E-state index contributed by atoms with van der Waals surface area (Å²) in [6.07, 6.45) is -3.02. The number of hydrogen-bond acceptors (Lipinski definition) is 5. The molecule has 164 valence electrons. The van der Waals surface area contributed by atoms with E-state index in [1.807, 2.05) is 0 Å². The van der Waals surface area contributed by atoms with Crippen LogP contribution in [0.15, 0.2) is 4.47 Å². The van der Waals surface area contributed by atoms with Crippen molar-refractivity contribution in [3.05, 3.63) is 37.4 Å². The Morgan fingerprint density at radius 1 is 1.27 bits per heavy atom. The molecule has 2 heterocycles. The fourth-order valence-electron chi connectivity index (χ4n) is 3.32. The highest BCUT2D eigenvalue weighted by atomic mass is 79.9. The molecule has 13 heteroatoms. The first-order chi connectivity index (χ1) is 14.0. The van der Waals surface area contributed by atoms with E-state index in [0.29, 0.717) is 17.1 Å². The Bertz CT molecular complexity index is 981. The van der Waals surface area contributed by atoms with Gasteiger partial charge in [-0.1, -0.05) is 0 Å². The molecule has 0 unspecified atom stereocenters. The summed E-state index contributed by atoms with van der Waals surface area (Å²) in [6, 6.07) is 0. The fourth-order valence-corrected chi connectivity index (χ4v) is 4.15. The molecule has 0 saturated heterocycles. The van der Waals surface area contributed by atoms with E-state index >= 15 is 0 Å². The molecule has 0 radical (unpaired) electrons. The van der Waals surface area contributed by atoms with Crippen LogP contribution in [-0.4, -0.2) is 36.9 Å². The molecule has 30 heavy (non-hydrogen) atoms. The minimum Gasteiger partial charge on any atom is -0.354 e. The van der Waals surface area contributed by atoms with Crippen LogP contribution in [0.4, 0.5) is 18.9 Å². The molecule has 2 aromatic heterocycles. The monoisotopic (exact) mass is 492 g/mol. The van der Waals surface area contributed by atoms with Gasteiger partial charge < -0.3 is 5.32 Å². The molecule has 3 rings (SSSR count). The van der Waals surface area contributed by atoms with Gasteiger partial charge in [0, 0.05) is 18.9 Å². The first-order valence-electron chi connectivity index (χ1n) is 9.29. The molecule has 1 aliphatic rings. The molecule has 0 spiro atoms. The third-order valence-electron chi connectivity index (χ3n) is 4.89. The van der Waals surface area contributed by atoms with Crippen molar-refractivity contribution in [2.24, 2.45) is 0 Å². The zero-order valence-corrected chi connectivity index (χ0v) is 17.9. The van der Waals surface area contributed by atoms with Crippen molar-refractivity contribution >= 4 is 27.5 Å². The second kappa shape index (κ2) is 8.36. The van der Waals surface area contributed by atoms with Crippen molar-refractivity contribution in [2.75, 3.05) is 6.54 Å². The molecule has 1 saturated carbocycles. The zero-order valence-electron chi connectivity index (χ0n) is 16.3. The summed E-state index contributed by atoms with van der Waals surface area (Å²) in [5.41, 5.74) is 0.128. The van der Waals surface area contributed by atoms with Gasteiger partial charge in [0.1, 0.15) is 11.4 Å². The van der Waals surface area contributed by atoms with E-state index < -0.39 is 16.8 Å². The smallest absolute Gasteiger partial charge is 0.354 e. The molecular formula is C17H20BrF3N6O3. The van der Waals surface area contributed by atoms with E-state index in [1.165, 1.54) is 16.3 Å². The van der Waals surface area contributed by atoms with Crippen LogP contribution in [0.25, 0.3) is 0 Å². The maximum absolute atomic E-state index is 13.1. The summed E-state index contributed by atoms with van der Waals surface area (Å²) in [5, 5.41) is 21.4. The van der Waals surface area contributed by atoms with Crippen molar-refractivity contribution in [1.29, 1.82) is 0 Å². The van der Waals surface area contributed by atoms with Crippen LogP contribution >= 0.6 is 15.9 Å². The Balaban J connectivity index is 1.57. The molecule has 1 fully saturated rings. The highest BCUT2D eigenvalue weighted by Crippen LogP contribution is 2.47. The summed E-state index contributed by atoms with van der Waals surface area (Å²) in [6.45, 7) is 3.56. The second-order valence-electron chi connectivity index (χ2n) is 7.14. The Hall–Kier alpha value is -2.44.